The van der Waals surface area contributed by atoms with Crippen LogP contribution < -0.4 is 11.1 Å². The molecule has 1 rings (SSSR count). The van der Waals surface area contributed by atoms with Gasteiger partial charge in [-0.1, -0.05) is 18.3 Å². The minimum atomic E-state index is 0.101. The quantitative estimate of drug-likeness (QED) is 0.713. The monoisotopic (exact) mass is 260 g/mol. The average molecular weight is 260 g/mol. The van der Waals surface area contributed by atoms with Crippen LogP contribution in [0.25, 0.3) is 0 Å². The first-order valence-electron chi connectivity index (χ1n) is 5.14. The zero-order valence-electron chi connectivity index (χ0n) is 9.23. The van der Waals surface area contributed by atoms with Crippen molar-refractivity contribution >= 4 is 34.1 Å². The van der Waals surface area contributed by atoms with E-state index in [9.17, 15) is 4.79 Å². The van der Waals surface area contributed by atoms with E-state index in [1.165, 1.54) is 11.3 Å². The molecule has 0 radical (unpaired) electrons. The van der Waals surface area contributed by atoms with Gasteiger partial charge in [-0.25, -0.2) is 0 Å². The molecular weight excluding hydrogens is 244 g/mol. The lowest BCUT2D eigenvalue weighted by atomic mass is 10.3. The number of carbonyl (C=O) groups excluding carboxylic acids is 1. The Morgan fingerprint density at radius 1 is 1.56 bits per heavy atom. The van der Waals surface area contributed by atoms with E-state index in [0.29, 0.717) is 17.4 Å². The van der Waals surface area contributed by atoms with Crippen molar-refractivity contribution < 1.29 is 4.79 Å². The molecule has 1 aromatic heterocycles. The van der Waals surface area contributed by atoms with Gasteiger partial charge in [-0.3, -0.25) is 4.79 Å². The van der Waals surface area contributed by atoms with Crippen molar-refractivity contribution in [3.8, 4) is 0 Å². The Labute approximate surface area is 103 Å². The number of hydrogen-bond acceptors (Lipinski definition) is 6. The third-order valence-corrected chi connectivity index (χ3v) is 3.50. The Morgan fingerprint density at radius 2 is 2.38 bits per heavy atom. The summed E-state index contributed by atoms with van der Waals surface area (Å²) in [4.78, 5) is 11.2. The molecule has 0 saturated heterocycles. The van der Waals surface area contributed by atoms with Gasteiger partial charge in [0.05, 0.1) is 5.75 Å². The third kappa shape index (κ3) is 5.32. The van der Waals surface area contributed by atoms with E-state index in [0.717, 1.165) is 23.6 Å². The van der Waals surface area contributed by atoms with Crippen LogP contribution in [0.1, 0.15) is 18.4 Å². The zero-order valence-corrected chi connectivity index (χ0v) is 10.9. The van der Waals surface area contributed by atoms with Crippen molar-refractivity contribution in [1.82, 2.24) is 15.5 Å². The minimum Gasteiger partial charge on any atom is -0.374 e. The van der Waals surface area contributed by atoms with Gasteiger partial charge in [-0.2, -0.15) is 11.8 Å². The van der Waals surface area contributed by atoms with Crippen LogP contribution in [0.2, 0.25) is 0 Å². The van der Waals surface area contributed by atoms with Gasteiger partial charge < -0.3 is 11.1 Å². The average Bonchev–Trinajstić information content (AvgIpc) is 2.67. The highest BCUT2D eigenvalue weighted by Gasteiger charge is 2.02. The fourth-order valence-corrected chi connectivity index (χ4v) is 2.22. The van der Waals surface area contributed by atoms with E-state index in [1.54, 1.807) is 11.8 Å². The second kappa shape index (κ2) is 7.45. The molecule has 16 heavy (non-hydrogen) atoms. The number of aryl methyl sites for hydroxylation is 1. The van der Waals surface area contributed by atoms with Crippen LogP contribution in [0.5, 0.6) is 0 Å². The van der Waals surface area contributed by atoms with Crippen molar-refractivity contribution in [2.75, 3.05) is 23.8 Å². The summed E-state index contributed by atoms with van der Waals surface area (Å²) in [5.41, 5.74) is 5.46. The highest BCUT2D eigenvalue weighted by Crippen LogP contribution is 2.12. The molecule has 0 spiro atoms. The number of nitrogen functional groups attached to an aromatic ring is 1. The molecule has 90 valence electrons. The van der Waals surface area contributed by atoms with Gasteiger partial charge in [0.2, 0.25) is 11.0 Å². The Kier molecular flexibility index (Phi) is 6.17. The van der Waals surface area contributed by atoms with Crippen LogP contribution in [0.4, 0.5) is 5.13 Å². The fraction of sp³-hybridized carbons (Fsp3) is 0.667. The summed E-state index contributed by atoms with van der Waals surface area (Å²) in [7, 11) is 0. The van der Waals surface area contributed by atoms with Crippen LogP contribution >= 0.6 is 23.1 Å². The number of carbonyl (C=O) groups is 1. The molecule has 1 aromatic rings. The molecule has 0 fully saturated rings. The summed E-state index contributed by atoms with van der Waals surface area (Å²) in [5.74, 6) is 1.61. The van der Waals surface area contributed by atoms with Gasteiger partial charge in [-0.15, -0.1) is 10.2 Å². The Balaban J connectivity index is 2.05. The zero-order chi connectivity index (χ0) is 11.8. The first-order chi connectivity index (χ1) is 7.72. The number of nitrogens with two attached hydrogens (primary N) is 1. The Bertz CT molecular complexity index is 329. The normalized spacial score (nSPS) is 10.3. The van der Waals surface area contributed by atoms with E-state index in [-0.39, 0.29) is 5.91 Å². The largest absolute Gasteiger partial charge is 0.374 e. The van der Waals surface area contributed by atoms with Crippen molar-refractivity contribution in [2.45, 2.75) is 19.8 Å². The highest BCUT2D eigenvalue weighted by molar-refractivity contribution is 7.99. The first-order valence-corrected chi connectivity index (χ1v) is 7.11. The van der Waals surface area contributed by atoms with Gasteiger partial charge in [0.1, 0.15) is 5.01 Å². The summed E-state index contributed by atoms with van der Waals surface area (Å²) >= 11 is 3.02. The molecule has 3 N–H and O–H groups in total. The van der Waals surface area contributed by atoms with Crippen molar-refractivity contribution in [2.24, 2.45) is 0 Å². The molecular formula is C9H16N4OS2. The molecule has 0 saturated carbocycles. The second-order valence-corrected chi connectivity index (χ2v) is 5.49. The van der Waals surface area contributed by atoms with Gasteiger partial charge in [0.25, 0.3) is 0 Å². The van der Waals surface area contributed by atoms with Gasteiger partial charge in [0, 0.05) is 13.0 Å². The maximum Gasteiger partial charge on any atom is 0.229 e. The molecule has 5 nitrogen and oxygen atoms in total. The van der Waals surface area contributed by atoms with Crippen LogP contribution in [0.3, 0.4) is 0 Å². The summed E-state index contributed by atoms with van der Waals surface area (Å²) < 4.78 is 0. The minimum absolute atomic E-state index is 0.101. The van der Waals surface area contributed by atoms with Crippen molar-refractivity contribution in [3.63, 3.8) is 0 Å². The van der Waals surface area contributed by atoms with Gasteiger partial charge >= 0.3 is 0 Å². The highest BCUT2D eigenvalue weighted by atomic mass is 32.2. The number of rotatable bonds is 7. The lowest BCUT2D eigenvalue weighted by Gasteiger charge is -2.02. The molecule has 0 bridgehead atoms. The molecule has 0 aliphatic rings. The summed E-state index contributed by atoms with van der Waals surface area (Å²) in [6.45, 7) is 2.72. The van der Waals surface area contributed by atoms with Crippen molar-refractivity contribution in [1.29, 1.82) is 0 Å². The number of amides is 1. The van der Waals surface area contributed by atoms with Crippen LogP contribution in [0, 0.1) is 0 Å². The SMILES string of the molecule is CCSCC(=O)NCCCc1nnc(N)s1. The van der Waals surface area contributed by atoms with E-state index in [4.69, 9.17) is 5.73 Å². The molecule has 0 unspecified atom stereocenters. The molecule has 1 heterocycles. The first kappa shape index (κ1) is 13.2. The maximum atomic E-state index is 11.2. The lowest BCUT2D eigenvalue weighted by Crippen LogP contribution is -2.26. The standard InChI is InChI=1S/C9H16N4OS2/c1-2-15-6-7(14)11-5-3-4-8-12-13-9(10)16-8/h2-6H2,1H3,(H2,10,13)(H,11,14). The lowest BCUT2D eigenvalue weighted by molar-refractivity contribution is -0.118. The number of hydrogen-bond donors (Lipinski definition) is 2. The number of aromatic nitrogens is 2. The fourth-order valence-electron chi connectivity index (χ4n) is 1.08. The Morgan fingerprint density at radius 3 is 3.00 bits per heavy atom. The summed E-state index contributed by atoms with van der Waals surface area (Å²) in [6.07, 6.45) is 1.69. The molecule has 0 aliphatic carbocycles. The third-order valence-electron chi connectivity index (χ3n) is 1.81. The van der Waals surface area contributed by atoms with Gasteiger partial charge in [0.15, 0.2) is 0 Å². The smallest absolute Gasteiger partial charge is 0.229 e. The van der Waals surface area contributed by atoms with Crippen molar-refractivity contribution in [3.05, 3.63) is 5.01 Å². The number of nitrogens with zero attached hydrogens (tertiary/aromatic N) is 2. The Hall–Kier alpha value is -0.820. The molecule has 7 heteroatoms. The molecule has 0 aliphatic heterocycles. The van der Waals surface area contributed by atoms with E-state index in [2.05, 4.69) is 15.5 Å². The van der Waals surface area contributed by atoms with E-state index < -0.39 is 0 Å². The maximum absolute atomic E-state index is 11.2. The second-order valence-electron chi connectivity index (χ2n) is 3.12. The molecule has 0 atom stereocenters. The summed E-state index contributed by atoms with van der Waals surface area (Å²) in [5, 5.41) is 11.9. The number of nitrogens with one attached hydrogen (secondary N) is 1. The molecule has 1 amide bonds. The number of thioether (sulfide) groups is 1. The van der Waals surface area contributed by atoms with E-state index >= 15 is 0 Å². The van der Waals surface area contributed by atoms with Crippen LogP contribution in [-0.2, 0) is 11.2 Å². The molecule has 0 aromatic carbocycles. The predicted octanol–water partition coefficient (Wildman–Crippen LogP) is 0.922. The topological polar surface area (TPSA) is 80.9 Å². The number of anilines is 1. The van der Waals surface area contributed by atoms with Crippen LogP contribution in [-0.4, -0.2) is 34.2 Å². The summed E-state index contributed by atoms with van der Waals surface area (Å²) in [6, 6.07) is 0. The van der Waals surface area contributed by atoms with E-state index in [1.807, 2.05) is 6.92 Å². The van der Waals surface area contributed by atoms with Crippen LogP contribution in [0.15, 0.2) is 0 Å². The predicted molar refractivity (Wildman–Crippen MR) is 68.7 cm³/mol. The van der Waals surface area contributed by atoms with Gasteiger partial charge in [-0.05, 0) is 12.2 Å².